The first-order valence-corrected chi connectivity index (χ1v) is 6.45. The van der Waals surface area contributed by atoms with Gasteiger partial charge in [-0.15, -0.1) is 0 Å². The summed E-state index contributed by atoms with van der Waals surface area (Å²) in [6, 6.07) is 7.72. The normalized spacial score (nSPS) is 10.9. The van der Waals surface area contributed by atoms with Crippen LogP contribution in [0, 0.1) is 0 Å². The van der Waals surface area contributed by atoms with Crippen molar-refractivity contribution in [2.24, 2.45) is 0 Å². The Hall–Kier alpha value is -1.81. The van der Waals surface area contributed by atoms with Crippen LogP contribution in [-0.4, -0.2) is 16.7 Å². The molecule has 0 atom stereocenters. The standard InChI is InChI=1S/C15H19NO3/c1-11(2)15-14(16-10-19-15)9-18-13-5-3-12(4-6-13)7-8-17/h3-6,10-11,17H,7-9H2,1-2H3. The molecule has 4 nitrogen and oxygen atoms in total. The van der Waals surface area contributed by atoms with Crippen LogP contribution in [-0.2, 0) is 13.0 Å². The molecule has 2 rings (SSSR count). The third kappa shape index (κ3) is 3.58. The highest BCUT2D eigenvalue weighted by Crippen LogP contribution is 2.20. The molecule has 0 unspecified atom stereocenters. The molecule has 0 radical (unpaired) electrons. The molecular formula is C15H19NO3. The summed E-state index contributed by atoms with van der Waals surface area (Å²) in [5.41, 5.74) is 1.94. The molecule has 0 aliphatic heterocycles. The van der Waals surface area contributed by atoms with E-state index in [4.69, 9.17) is 14.3 Å². The highest BCUT2D eigenvalue weighted by atomic mass is 16.5. The number of oxazole rings is 1. The van der Waals surface area contributed by atoms with Crippen molar-refractivity contribution in [3.63, 3.8) is 0 Å². The predicted octanol–water partition coefficient (Wildman–Crippen LogP) is 2.91. The summed E-state index contributed by atoms with van der Waals surface area (Å²) in [6.07, 6.45) is 2.12. The first-order valence-electron chi connectivity index (χ1n) is 6.45. The predicted molar refractivity (Wildman–Crippen MR) is 72.2 cm³/mol. The smallest absolute Gasteiger partial charge is 0.181 e. The van der Waals surface area contributed by atoms with Crippen molar-refractivity contribution in [1.82, 2.24) is 4.98 Å². The second-order valence-corrected chi connectivity index (χ2v) is 4.72. The van der Waals surface area contributed by atoms with E-state index >= 15 is 0 Å². The molecular weight excluding hydrogens is 242 g/mol. The molecule has 0 bridgehead atoms. The van der Waals surface area contributed by atoms with E-state index < -0.39 is 0 Å². The SMILES string of the molecule is CC(C)c1ocnc1COc1ccc(CCO)cc1. The van der Waals surface area contributed by atoms with Crippen molar-refractivity contribution in [3.8, 4) is 5.75 Å². The van der Waals surface area contributed by atoms with Gasteiger partial charge in [0.05, 0.1) is 0 Å². The summed E-state index contributed by atoms with van der Waals surface area (Å²) < 4.78 is 11.0. The summed E-state index contributed by atoms with van der Waals surface area (Å²) in [5.74, 6) is 1.96. The van der Waals surface area contributed by atoms with Gasteiger partial charge in [0.2, 0.25) is 0 Å². The lowest BCUT2D eigenvalue weighted by molar-refractivity contribution is 0.295. The summed E-state index contributed by atoms with van der Waals surface area (Å²) in [5, 5.41) is 8.85. The Morgan fingerprint density at radius 2 is 2.00 bits per heavy atom. The maximum Gasteiger partial charge on any atom is 0.181 e. The third-order valence-electron chi connectivity index (χ3n) is 2.90. The van der Waals surface area contributed by atoms with Crippen LogP contribution >= 0.6 is 0 Å². The van der Waals surface area contributed by atoms with Gasteiger partial charge in [-0.1, -0.05) is 26.0 Å². The quantitative estimate of drug-likeness (QED) is 0.868. The number of benzene rings is 1. The van der Waals surface area contributed by atoms with Crippen LogP contribution in [0.1, 0.15) is 36.8 Å². The second kappa shape index (κ2) is 6.38. The Bertz CT molecular complexity index is 502. The summed E-state index contributed by atoms with van der Waals surface area (Å²) in [6.45, 7) is 4.70. The molecule has 0 aliphatic carbocycles. The van der Waals surface area contributed by atoms with Crippen LogP contribution < -0.4 is 4.74 Å². The minimum Gasteiger partial charge on any atom is -0.487 e. The van der Waals surface area contributed by atoms with E-state index in [1.54, 1.807) is 0 Å². The molecule has 0 saturated heterocycles. The number of ether oxygens (including phenoxy) is 1. The van der Waals surface area contributed by atoms with Gasteiger partial charge in [-0.05, 0) is 24.1 Å². The Morgan fingerprint density at radius 1 is 1.26 bits per heavy atom. The third-order valence-corrected chi connectivity index (χ3v) is 2.90. The van der Waals surface area contributed by atoms with E-state index in [2.05, 4.69) is 18.8 Å². The first-order chi connectivity index (χ1) is 9.20. The highest BCUT2D eigenvalue weighted by molar-refractivity contribution is 5.27. The van der Waals surface area contributed by atoms with Crippen LogP contribution in [0.4, 0.5) is 0 Å². The highest BCUT2D eigenvalue weighted by Gasteiger charge is 2.12. The minimum atomic E-state index is 0.164. The average molecular weight is 261 g/mol. The molecule has 1 aromatic carbocycles. The monoisotopic (exact) mass is 261 g/mol. The topological polar surface area (TPSA) is 55.5 Å². The molecule has 0 fully saturated rings. The largest absolute Gasteiger partial charge is 0.487 e. The number of nitrogens with zero attached hydrogens (tertiary/aromatic N) is 1. The van der Waals surface area contributed by atoms with Crippen molar-refractivity contribution in [2.75, 3.05) is 6.61 Å². The molecule has 1 heterocycles. The van der Waals surface area contributed by atoms with Gasteiger partial charge in [0.1, 0.15) is 23.8 Å². The van der Waals surface area contributed by atoms with Gasteiger partial charge >= 0.3 is 0 Å². The zero-order chi connectivity index (χ0) is 13.7. The number of hydrogen-bond donors (Lipinski definition) is 1. The van der Waals surface area contributed by atoms with Crippen molar-refractivity contribution >= 4 is 0 Å². The van der Waals surface area contributed by atoms with Crippen LogP contribution in [0.5, 0.6) is 5.75 Å². The van der Waals surface area contributed by atoms with Gasteiger partial charge in [0.25, 0.3) is 0 Å². The van der Waals surface area contributed by atoms with Crippen LogP contribution in [0.25, 0.3) is 0 Å². The second-order valence-electron chi connectivity index (χ2n) is 4.72. The Kier molecular flexibility index (Phi) is 4.58. The number of hydrogen-bond acceptors (Lipinski definition) is 4. The van der Waals surface area contributed by atoms with Crippen LogP contribution in [0.15, 0.2) is 35.1 Å². The molecule has 1 aromatic heterocycles. The molecule has 0 amide bonds. The maximum absolute atomic E-state index is 8.85. The molecule has 4 heteroatoms. The van der Waals surface area contributed by atoms with Crippen LogP contribution in [0.2, 0.25) is 0 Å². The summed E-state index contributed by atoms with van der Waals surface area (Å²) in [7, 11) is 0. The van der Waals surface area contributed by atoms with Gasteiger partial charge in [-0.25, -0.2) is 4.98 Å². The molecule has 102 valence electrons. The fraction of sp³-hybridized carbons (Fsp3) is 0.400. The first kappa shape index (κ1) is 13.6. The number of rotatable bonds is 6. The van der Waals surface area contributed by atoms with E-state index in [0.717, 1.165) is 22.8 Å². The average Bonchev–Trinajstić information content (AvgIpc) is 2.87. The van der Waals surface area contributed by atoms with E-state index in [-0.39, 0.29) is 6.61 Å². The zero-order valence-corrected chi connectivity index (χ0v) is 11.3. The lowest BCUT2D eigenvalue weighted by Crippen LogP contribution is -2.00. The Labute approximate surface area is 113 Å². The summed E-state index contributed by atoms with van der Waals surface area (Å²) >= 11 is 0. The number of aromatic nitrogens is 1. The zero-order valence-electron chi connectivity index (χ0n) is 11.3. The summed E-state index contributed by atoms with van der Waals surface area (Å²) in [4.78, 5) is 4.17. The molecule has 2 aromatic rings. The fourth-order valence-corrected chi connectivity index (χ4v) is 1.89. The van der Waals surface area contributed by atoms with E-state index in [1.807, 2.05) is 24.3 Å². The molecule has 1 N–H and O–H groups in total. The van der Waals surface area contributed by atoms with Gasteiger partial charge in [-0.3, -0.25) is 0 Å². The lowest BCUT2D eigenvalue weighted by atomic mass is 10.1. The van der Waals surface area contributed by atoms with E-state index in [1.165, 1.54) is 6.39 Å². The molecule has 0 saturated carbocycles. The van der Waals surface area contributed by atoms with Crippen molar-refractivity contribution < 1.29 is 14.3 Å². The van der Waals surface area contributed by atoms with E-state index in [9.17, 15) is 0 Å². The molecule has 19 heavy (non-hydrogen) atoms. The molecule has 0 spiro atoms. The lowest BCUT2D eigenvalue weighted by Gasteiger charge is -2.07. The Morgan fingerprint density at radius 3 is 2.63 bits per heavy atom. The van der Waals surface area contributed by atoms with Gasteiger partial charge in [0.15, 0.2) is 6.39 Å². The Balaban J connectivity index is 1.96. The maximum atomic E-state index is 8.85. The molecule has 0 aliphatic rings. The van der Waals surface area contributed by atoms with E-state index in [0.29, 0.717) is 18.9 Å². The van der Waals surface area contributed by atoms with Gasteiger partial charge in [0, 0.05) is 12.5 Å². The van der Waals surface area contributed by atoms with Crippen molar-refractivity contribution in [1.29, 1.82) is 0 Å². The van der Waals surface area contributed by atoms with Gasteiger partial charge in [-0.2, -0.15) is 0 Å². The van der Waals surface area contributed by atoms with Crippen molar-refractivity contribution in [3.05, 3.63) is 47.7 Å². The number of aliphatic hydroxyl groups excluding tert-OH is 1. The fourth-order valence-electron chi connectivity index (χ4n) is 1.89. The van der Waals surface area contributed by atoms with Crippen LogP contribution in [0.3, 0.4) is 0 Å². The number of aliphatic hydroxyl groups is 1. The van der Waals surface area contributed by atoms with Gasteiger partial charge < -0.3 is 14.3 Å². The van der Waals surface area contributed by atoms with Crippen molar-refractivity contribution in [2.45, 2.75) is 32.8 Å². The minimum absolute atomic E-state index is 0.164.